The standard InChI is InChI=1S/C9H11Cl2N3/c1-14(7-4-12-5-7)9-8(11)2-6(10)3-13-9/h2-3,7,12H,4-5H2,1H3. The van der Waals surface area contributed by atoms with Gasteiger partial charge < -0.3 is 10.2 Å². The molecular weight excluding hydrogens is 221 g/mol. The maximum Gasteiger partial charge on any atom is 0.147 e. The minimum atomic E-state index is 0.487. The molecule has 1 aromatic heterocycles. The van der Waals surface area contributed by atoms with Gasteiger partial charge in [-0.2, -0.15) is 0 Å². The Kier molecular flexibility index (Phi) is 2.81. The van der Waals surface area contributed by atoms with Crippen molar-refractivity contribution in [2.45, 2.75) is 6.04 Å². The molecule has 5 heteroatoms. The highest BCUT2D eigenvalue weighted by molar-refractivity contribution is 6.36. The molecule has 1 N–H and O–H groups in total. The normalized spacial score (nSPS) is 16.5. The van der Waals surface area contributed by atoms with E-state index < -0.39 is 0 Å². The molecule has 1 fully saturated rings. The first-order chi connectivity index (χ1) is 6.68. The first kappa shape index (κ1) is 10.0. The van der Waals surface area contributed by atoms with Crippen LogP contribution in [0.3, 0.4) is 0 Å². The van der Waals surface area contributed by atoms with Crippen LogP contribution >= 0.6 is 23.2 Å². The molecule has 2 heterocycles. The number of nitrogens with zero attached hydrogens (tertiary/aromatic N) is 2. The van der Waals surface area contributed by atoms with Crippen molar-refractivity contribution < 1.29 is 0 Å². The topological polar surface area (TPSA) is 28.2 Å². The Hall–Kier alpha value is -0.510. The number of hydrogen-bond acceptors (Lipinski definition) is 3. The summed E-state index contributed by atoms with van der Waals surface area (Å²) in [5.74, 6) is 0.794. The van der Waals surface area contributed by atoms with E-state index >= 15 is 0 Å². The van der Waals surface area contributed by atoms with Gasteiger partial charge in [-0.15, -0.1) is 0 Å². The van der Waals surface area contributed by atoms with E-state index in [2.05, 4.69) is 15.2 Å². The van der Waals surface area contributed by atoms with E-state index in [4.69, 9.17) is 23.2 Å². The average molecular weight is 232 g/mol. The summed E-state index contributed by atoms with van der Waals surface area (Å²) in [6.07, 6.45) is 1.62. The third kappa shape index (κ3) is 1.80. The molecule has 76 valence electrons. The summed E-state index contributed by atoms with van der Waals surface area (Å²) in [7, 11) is 1.99. The molecule has 0 saturated carbocycles. The van der Waals surface area contributed by atoms with Gasteiger partial charge in [0.05, 0.1) is 16.1 Å². The van der Waals surface area contributed by atoms with E-state index in [0.29, 0.717) is 16.1 Å². The minimum Gasteiger partial charge on any atom is -0.353 e. The number of nitrogens with one attached hydrogen (secondary N) is 1. The Morgan fingerprint density at radius 1 is 1.50 bits per heavy atom. The zero-order valence-electron chi connectivity index (χ0n) is 7.80. The molecule has 0 atom stereocenters. The molecule has 0 radical (unpaired) electrons. The van der Waals surface area contributed by atoms with Crippen molar-refractivity contribution in [3.05, 3.63) is 22.3 Å². The van der Waals surface area contributed by atoms with Gasteiger partial charge in [0.2, 0.25) is 0 Å². The first-order valence-electron chi connectivity index (χ1n) is 4.43. The molecule has 1 aliphatic heterocycles. The molecule has 2 rings (SSSR count). The Labute approximate surface area is 93.0 Å². The van der Waals surface area contributed by atoms with E-state index in [0.717, 1.165) is 18.9 Å². The molecule has 1 saturated heterocycles. The summed E-state index contributed by atoms with van der Waals surface area (Å²) in [6.45, 7) is 1.97. The fourth-order valence-corrected chi connectivity index (χ4v) is 1.90. The fraction of sp³-hybridized carbons (Fsp3) is 0.444. The molecule has 0 aliphatic carbocycles. The van der Waals surface area contributed by atoms with E-state index in [9.17, 15) is 0 Å². The van der Waals surface area contributed by atoms with Crippen LogP contribution in [0.4, 0.5) is 5.82 Å². The molecule has 0 aromatic carbocycles. The van der Waals surface area contributed by atoms with Crippen molar-refractivity contribution in [3.63, 3.8) is 0 Å². The second-order valence-electron chi connectivity index (χ2n) is 3.38. The van der Waals surface area contributed by atoms with E-state index in [1.807, 2.05) is 7.05 Å². The summed E-state index contributed by atoms with van der Waals surface area (Å²) in [5, 5.41) is 4.38. The van der Waals surface area contributed by atoms with Gasteiger partial charge in [-0.25, -0.2) is 4.98 Å². The average Bonchev–Trinajstić information content (AvgIpc) is 2.00. The smallest absolute Gasteiger partial charge is 0.147 e. The van der Waals surface area contributed by atoms with Gasteiger partial charge in [-0.3, -0.25) is 0 Å². The Balaban J connectivity index is 2.22. The SMILES string of the molecule is CN(c1ncc(Cl)cc1Cl)C1CNC1. The van der Waals surface area contributed by atoms with Crippen molar-refractivity contribution >= 4 is 29.0 Å². The number of pyridine rings is 1. The molecule has 1 aliphatic rings. The number of anilines is 1. The predicted octanol–water partition coefficient (Wildman–Crippen LogP) is 1.80. The van der Waals surface area contributed by atoms with E-state index in [-0.39, 0.29) is 0 Å². The first-order valence-corrected chi connectivity index (χ1v) is 5.18. The summed E-state index contributed by atoms with van der Waals surface area (Å²) >= 11 is 11.8. The third-order valence-corrected chi connectivity index (χ3v) is 2.91. The lowest BCUT2D eigenvalue weighted by atomic mass is 10.1. The maximum atomic E-state index is 6.04. The molecular formula is C9H11Cl2N3. The van der Waals surface area contributed by atoms with Gasteiger partial charge in [0, 0.05) is 26.3 Å². The van der Waals surface area contributed by atoms with Crippen LogP contribution in [0.2, 0.25) is 10.0 Å². The molecule has 14 heavy (non-hydrogen) atoms. The number of hydrogen-bond donors (Lipinski definition) is 1. The summed E-state index contributed by atoms with van der Waals surface area (Å²) < 4.78 is 0. The van der Waals surface area contributed by atoms with E-state index in [1.54, 1.807) is 12.3 Å². The van der Waals surface area contributed by atoms with Crippen LogP contribution in [0.15, 0.2) is 12.3 Å². The summed E-state index contributed by atoms with van der Waals surface area (Å²) in [6, 6.07) is 2.20. The molecule has 0 unspecified atom stereocenters. The zero-order chi connectivity index (χ0) is 10.1. The minimum absolute atomic E-state index is 0.487. The quantitative estimate of drug-likeness (QED) is 0.842. The van der Waals surface area contributed by atoms with Crippen molar-refractivity contribution in [1.82, 2.24) is 10.3 Å². The van der Waals surface area contributed by atoms with E-state index in [1.165, 1.54) is 0 Å². The second-order valence-corrected chi connectivity index (χ2v) is 4.23. The Bertz CT molecular complexity index is 339. The van der Waals surface area contributed by atoms with Crippen LogP contribution in [0.25, 0.3) is 0 Å². The molecule has 0 spiro atoms. The molecule has 0 bridgehead atoms. The van der Waals surface area contributed by atoms with Gasteiger partial charge in [0.1, 0.15) is 5.82 Å². The number of halogens is 2. The van der Waals surface area contributed by atoms with Crippen LogP contribution in [-0.2, 0) is 0 Å². The van der Waals surface area contributed by atoms with Gasteiger partial charge >= 0.3 is 0 Å². The summed E-state index contributed by atoms with van der Waals surface area (Å²) in [4.78, 5) is 6.29. The fourth-order valence-electron chi connectivity index (χ4n) is 1.39. The molecule has 3 nitrogen and oxygen atoms in total. The Morgan fingerprint density at radius 2 is 2.21 bits per heavy atom. The molecule has 0 amide bonds. The largest absolute Gasteiger partial charge is 0.353 e. The zero-order valence-corrected chi connectivity index (χ0v) is 9.31. The van der Waals surface area contributed by atoms with Crippen molar-refractivity contribution in [2.24, 2.45) is 0 Å². The van der Waals surface area contributed by atoms with Crippen LogP contribution < -0.4 is 10.2 Å². The van der Waals surface area contributed by atoms with Gasteiger partial charge in [0.25, 0.3) is 0 Å². The van der Waals surface area contributed by atoms with Gasteiger partial charge in [0.15, 0.2) is 0 Å². The second kappa shape index (κ2) is 3.93. The maximum absolute atomic E-state index is 6.04. The predicted molar refractivity (Wildman–Crippen MR) is 59.3 cm³/mol. The highest BCUT2D eigenvalue weighted by atomic mass is 35.5. The van der Waals surface area contributed by atoms with Crippen molar-refractivity contribution in [1.29, 1.82) is 0 Å². The van der Waals surface area contributed by atoms with Crippen LogP contribution in [0.1, 0.15) is 0 Å². The lowest BCUT2D eigenvalue weighted by Crippen LogP contribution is -2.56. The van der Waals surface area contributed by atoms with Gasteiger partial charge in [-0.05, 0) is 6.07 Å². The number of aromatic nitrogens is 1. The highest BCUT2D eigenvalue weighted by Crippen LogP contribution is 2.26. The number of rotatable bonds is 2. The number of likely N-dealkylation sites (N-methyl/N-ethyl adjacent to an activating group) is 1. The van der Waals surface area contributed by atoms with Crippen LogP contribution in [-0.4, -0.2) is 31.2 Å². The lowest BCUT2D eigenvalue weighted by molar-refractivity contribution is 0.427. The van der Waals surface area contributed by atoms with Crippen molar-refractivity contribution in [3.8, 4) is 0 Å². The highest BCUT2D eigenvalue weighted by Gasteiger charge is 2.23. The summed E-state index contributed by atoms with van der Waals surface area (Å²) in [5.41, 5.74) is 0. The van der Waals surface area contributed by atoms with Gasteiger partial charge in [-0.1, -0.05) is 23.2 Å². The van der Waals surface area contributed by atoms with Crippen molar-refractivity contribution in [2.75, 3.05) is 25.0 Å². The third-order valence-electron chi connectivity index (χ3n) is 2.43. The lowest BCUT2D eigenvalue weighted by Gasteiger charge is -2.36. The molecule has 1 aromatic rings. The Morgan fingerprint density at radius 3 is 2.71 bits per heavy atom. The van der Waals surface area contributed by atoms with Crippen LogP contribution in [0.5, 0.6) is 0 Å². The van der Waals surface area contributed by atoms with Crippen LogP contribution in [0, 0.1) is 0 Å². The monoisotopic (exact) mass is 231 g/mol.